The molecule has 0 aliphatic rings. The van der Waals surface area contributed by atoms with Crippen molar-refractivity contribution in [2.45, 2.75) is 27.3 Å². The molecular formula is C18H21N5O. The Morgan fingerprint density at radius 1 is 1.12 bits per heavy atom. The molecule has 124 valence electrons. The molecule has 2 heterocycles. The maximum Gasteiger partial charge on any atom is 0.224 e. The van der Waals surface area contributed by atoms with Crippen molar-refractivity contribution in [3.8, 4) is 11.6 Å². The third kappa shape index (κ3) is 3.71. The summed E-state index contributed by atoms with van der Waals surface area (Å²) in [5.74, 6) is 2.21. The molecule has 0 radical (unpaired) electrons. The van der Waals surface area contributed by atoms with Gasteiger partial charge in [-0.1, -0.05) is 12.1 Å². The smallest absolute Gasteiger partial charge is 0.224 e. The van der Waals surface area contributed by atoms with Gasteiger partial charge in [0.1, 0.15) is 5.75 Å². The molecule has 0 fully saturated rings. The Balaban J connectivity index is 1.69. The van der Waals surface area contributed by atoms with Crippen LogP contribution < -0.4 is 10.1 Å². The van der Waals surface area contributed by atoms with Gasteiger partial charge in [-0.2, -0.15) is 10.1 Å². The van der Waals surface area contributed by atoms with E-state index in [2.05, 4.69) is 20.4 Å². The molecule has 0 atom stereocenters. The topological polar surface area (TPSA) is 64.9 Å². The SMILES string of the molecule is CCOc1ccc(CNc2nccc(-n3nc(C)cc3C)n2)cc1. The number of nitrogens with one attached hydrogen (secondary N) is 1. The zero-order chi connectivity index (χ0) is 16.9. The number of nitrogens with zero attached hydrogens (tertiary/aromatic N) is 4. The Kier molecular flexibility index (Phi) is 4.74. The number of hydrogen-bond acceptors (Lipinski definition) is 5. The molecule has 1 N–H and O–H groups in total. The number of rotatable bonds is 6. The van der Waals surface area contributed by atoms with Gasteiger partial charge in [-0.05, 0) is 44.5 Å². The molecule has 0 aliphatic heterocycles. The zero-order valence-corrected chi connectivity index (χ0v) is 14.2. The van der Waals surface area contributed by atoms with Crippen molar-refractivity contribution >= 4 is 5.95 Å². The van der Waals surface area contributed by atoms with E-state index < -0.39 is 0 Å². The fourth-order valence-corrected chi connectivity index (χ4v) is 2.46. The molecule has 0 saturated heterocycles. The van der Waals surface area contributed by atoms with Crippen LogP contribution in [-0.2, 0) is 6.54 Å². The first-order valence-electron chi connectivity index (χ1n) is 7.98. The van der Waals surface area contributed by atoms with Gasteiger partial charge in [-0.3, -0.25) is 0 Å². The second-order valence-electron chi connectivity index (χ2n) is 5.51. The molecule has 0 unspecified atom stereocenters. The molecule has 24 heavy (non-hydrogen) atoms. The highest BCUT2D eigenvalue weighted by atomic mass is 16.5. The van der Waals surface area contributed by atoms with Gasteiger partial charge < -0.3 is 10.1 Å². The summed E-state index contributed by atoms with van der Waals surface area (Å²) in [5.41, 5.74) is 3.15. The second-order valence-corrected chi connectivity index (χ2v) is 5.51. The van der Waals surface area contributed by atoms with E-state index in [1.165, 1.54) is 0 Å². The monoisotopic (exact) mass is 323 g/mol. The molecule has 6 heteroatoms. The van der Waals surface area contributed by atoms with Crippen LogP contribution in [0.3, 0.4) is 0 Å². The predicted molar refractivity (Wildman–Crippen MR) is 93.6 cm³/mol. The molecule has 2 aromatic heterocycles. The number of anilines is 1. The summed E-state index contributed by atoms with van der Waals surface area (Å²) in [4.78, 5) is 8.81. The summed E-state index contributed by atoms with van der Waals surface area (Å²) in [6.45, 7) is 7.27. The molecule has 1 aromatic carbocycles. The van der Waals surface area contributed by atoms with Crippen LogP contribution in [0, 0.1) is 13.8 Å². The third-order valence-corrected chi connectivity index (χ3v) is 3.55. The largest absolute Gasteiger partial charge is 0.494 e. The van der Waals surface area contributed by atoms with Crippen molar-refractivity contribution in [3.63, 3.8) is 0 Å². The number of benzene rings is 1. The minimum absolute atomic E-state index is 0.578. The fraction of sp³-hybridized carbons (Fsp3) is 0.278. The Labute approximate surface area is 141 Å². The lowest BCUT2D eigenvalue weighted by Gasteiger charge is -2.08. The van der Waals surface area contributed by atoms with E-state index in [-0.39, 0.29) is 0 Å². The highest BCUT2D eigenvalue weighted by Gasteiger charge is 2.06. The number of hydrogen-bond donors (Lipinski definition) is 1. The normalized spacial score (nSPS) is 10.6. The molecule has 0 spiro atoms. The van der Waals surface area contributed by atoms with Crippen molar-refractivity contribution in [1.29, 1.82) is 0 Å². The molecular weight excluding hydrogens is 302 g/mol. The summed E-state index contributed by atoms with van der Waals surface area (Å²) >= 11 is 0. The van der Waals surface area contributed by atoms with E-state index in [1.807, 2.05) is 61.9 Å². The third-order valence-electron chi connectivity index (χ3n) is 3.55. The van der Waals surface area contributed by atoms with Crippen molar-refractivity contribution < 1.29 is 4.74 Å². The van der Waals surface area contributed by atoms with Crippen LogP contribution in [0.1, 0.15) is 23.9 Å². The lowest BCUT2D eigenvalue weighted by molar-refractivity contribution is 0.340. The van der Waals surface area contributed by atoms with Gasteiger partial charge in [0.25, 0.3) is 0 Å². The van der Waals surface area contributed by atoms with Gasteiger partial charge in [-0.15, -0.1) is 0 Å². The molecule has 6 nitrogen and oxygen atoms in total. The fourth-order valence-electron chi connectivity index (χ4n) is 2.46. The van der Waals surface area contributed by atoms with Gasteiger partial charge in [-0.25, -0.2) is 9.67 Å². The average Bonchev–Trinajstić information content (AvgIpc) is 2.93. The van der Waals surface area contributed by atoms with Gasteiger partial charge in [0, 0.05) is 24.5 Å². The van der Waals surface area contributed by atoms with E-state index in [0.717, 1.165) is 28.5 Å². The molecule has 3 aromatic rings. The highest BCUT2D eigenvalue weighted by Crippen LogP contribution is 2.14. The Hall–Kier alpha value is -2.89. The van der Waals surface area contributed by atoms with E-state index in [1.54, 1.807) is 6.20 Å². The van der Waals surface area contributed by atoms with Crippen LogP contribution >= 0.6 is 0 Å². The molecule has 0 saturated carbocycles. The first-order valence-corrected chi connectivity index (χ1v) is 7.98. The van der Waals surface area contributed by atoms with Crippen LogP contribution in [0.25, 0.3) is 5.82 Å². The van der Waals surface area contributed by atoms with Crippen LogP contribution in [-0.4, -0.2) is 26.4 Å². The van der Waals surface area contributed by atoms with Crippen LogP contribution in [0.15, 0.2) is 42.6 Å². The van der Waals surface area contributed by atoms with Crippen LogP contribution in [0.2, 0.25) is 0 Å². The first-order chi connectivity index (χ1) is 11.7. The summed E-state index contributed by atoms with van der Waals surface area (Å²) in [5, 5.41) is 7.70. The maximum absolute atomic E-state index is 5.45. The summed E-state index contributed by atoms with van der Waals surface area (Å²) in [6, 6.07) is 11.9. The zero-order valence-electron chi connectivity index (χ0n) is 14.2. The lowest BCUT2D eigenvalue weighted by atomic mass is 10.2. The minimum atomic E-state index is 0.578. The lowest BCUT2D eigenvalue weighted by Crippen LogP contribution is -2.07. The van der Waals surface area contributed by atoms with Crippen LogP contribution in [0.5, 0.6) is 5.75 Å². The number of ether oxygens (including phenoxy) is 1. The standard InChI is InChI=1S/C18H21N5O/c1-4-24-16-7-5-15(6-8-16)12-20-18-19-10-9-17(21-18)23-14(3)11-13(2)22-23/h5-11H,4,12H2,1-3H3,(H,19,20,21). The van der Waals surface area contributed by atoms with Crippen molar-refractivity contribution in [3.05, 3.63) is 59.5 Å². The second kappa shape index (κ2) is 7.12. The highest BCUT2D eigenvalue weighted by molar-refractivity contribution is 5.35. The summed E-state index contributed by atoms with van der Waals surface area (Å²) in [7, 11) is 0. The summed E-state index contributed by atoms with van der Waals surface area (Å²) in [6.07, 6.45) is 1.74. The van der Waals surface area contributed by atoms with Crippen molar-refractivity contribution in [2.75, 3.05) is 11.9 Å². The Morgan fingerprint density at radius 3 is 2.58 bits per heavy atom. The van der Waals surface area contributed by atoms with Crippen LogP contribution in [0.4, 0.5) is 5.95 Å². The van der Waals surface area contributed by atoms with Crippen molar-refractivity contribution in [2.24, 2.45) is 0 Å². The molecule has 0 bridgehead atoms. The van der Waals surface area contributed by atoms with Crippen molar-refractivity contribution in [1.82, 2.24) is 19.7 Å². The molecule has 0 aliphatic carbocycles. The Bertz CT molecular complexity index is 811. The first kappa shape index (κ1) is 16.0. The van der Waals surface area contributed by atoms with E-state index in [9.17, 15) is 0 Å². The predicted octanol–water partition coefficient (Wildman–Crippen LogP) is 3.29. The molecule has 3 rings (SSSR count). The van der Waals surface area contributed by atoms with Gasteiger partial charge in [0.15, 0.2) is 5.82 Å². The van der Waals surface area contributed by atoms with E-state index >= 15 is 0 Å². The minimum Gasteiger partial charge on any atom is -0.494 e. The Morgan fingerprint density at radius 2 is 1.92 bits per heavy atom. The van der Waals surface area contributed by atoms with Gasteiger partial charge >= 0.3 is 0 Å². The quantitative estimate of drug-likeness (QED) is 0.754. The van der Waals surface area contributed by atoms with E-state index in [0.29, 0.717) is 19.1 Å². The van der Waals surface area contributed by atoms with Gasteiger partial charge in [0.2, 0.25) is 5.95 Å². The van der Waals surface area contributed by atoms with Gasteiger partial charge in [0.05, 0.1) is 12.3 Å². The summed E-state index contributed by atoms with van der Waals surface area (Å²) < 4.78 is 7.27. The number of aryl methyl sites for hydroxylation is 2. The number of aromatic nitrogens is 4. The average molecular weight is 323 g/mol. The maximum atomic E-state index is 5.45. The molecule has 0 amide bonds. The van der Waals surface area contributed by atoms with E-state index in [4.69, 9.17) is 4.74 Å².